The van der Waals surface area contributed by atoms with Crippen LogP contribution in [-0.2, 0) is 0 Å². The first-order chi connectivity index (χ1) is 10.3. The number of ether oxygens (including phenoxy) is 1. The Kier molecular flexibility index (Phi) is 10.1. The highest BCUT2D eigenvalue weighted by molar-refractivity contribution is 6.09. The van der Waals surface area contributed by atoms with Gasteiger partial charge in [0.15, 0.2) is 0 Å². The molecule has 0 spiro atoms. The monoisotopic (exact) mass is 312 g/mol. The molecular weight excluding hydrogens is 284 g/mol. The van der Waals surface area contributed by atoms with Crippen LogP contribution in [0.25, 0.3) is 0 Å². The van der Waals surface area contributed by atoms with Gasteiger partial charge in [0.1, 0.15) is 23.4 Å². The van der Waals surface area contributed by atoms with Crippen molar-refractivity contribution in [1.82, 2.24) is 0 Å². The van der Waals surface area contributed by atoms with Crippen LogP contribution in [-0.4, -0.2) is 6.10 Å². The van der Waals surface area contributed by atoms with Gasteiger partial charge >= 0.3 is 0 Å². The third kappa shape index (κ3) is 8.87. The fraction of sp³-hybridized carbons (Fsp3) is 0.667. The van der Waals surface area contributed by atoms with Crippen LogP contribution in [0.4, 0.5) is 0 Å². The lowest BCUT2D eigenvalue weighted by Crippen LogP contribution is -2.11. The maximum Gasteiger partial charge on any atom is 0.146 e. The molecule has 1 atom stereocenters. The normalized spacial score (nSPS) is 12.1. The summed E-state index contributed by atoms with van der Waals surface area (Å²) in [5.74, 6) is 1.51. The molecule has 3 heteroatoms. The molecule has 0 fully saturated rings. The molecule has 1 rings (SSSR count). The molecule has 0 saturated heterocycles. The van der Waals surface area contributed by atoms with E-state index in [-0.39, 0.29) is 6.10 Å². The second-order valence-electron chi connectivity index (χ2n) is 5.74. The smallest absolute Gasteiger partial charge is 0.146 e. The summed E-state index contributed by atoms with van der Waals surface area (Å²) < 4.78 is 10.5. The number of halogens is 1. The molecule has 0 aliphatic carbocycles. The van der Waals surface area contributed by atoms with E-state index >= 15 is 0 Å². The molecular formula is C18H29ClO2. The molecule has 1 aromatic rings. The highest BCUT2D eigenvalue weighted by Gasteiger charge is 2.04. The number of benzene rings is 1. The van der Waals surface area contributed by atoms with Crippen LogP contribution in [0.15, 0.2) is 24.3 Å². The van der Waals surface area contributed by atoms with Crippen molar-refractivity contribution in [2.24, 2.45) is 0 Å². The van der Waals surface area contributed by atoms with Crippen molar-refractivity contribution in [3.8, 4) is 11.5 Å². The zero-order valence-corrected chi connectivity index (χ0v) is 14.2. The molecule has 0 saturated carbocycles. The third-order valence-corrected chi connectivity index (χ3v) is 3.89. The van der Waals surface area contributed by atoms with E-state index in [4.69, 9.17) is 16.6 Å². The Morgan fingerprint density at radius 2 is 1.38 bits per heavy atom. The Morgan fingerprint density at radius 1 is 0.857 bits per heavy atom. The van der Waals surface area contributed by atoms with Gasteiger partial charge in [0.2, 0.25) is 0 Å². The fourth-order valence-electron chi connectivity index (χ4n) is 2.43. The summed E-state index contributed by atoms with van der Waals surface area (Å²) in [6, 6.07) is 7.40. The first kappa shape index (κ1) is 18.2. The molecule has 0 bridgehead atoms. The van der Waals surface area contributed by atoms with Crippen molar-refractivity contribution in [3.05, 3.63) is 24.3 Å². The minimum Gasteiger partial charge on any atom is -0.491 e. The summed E-state index contributed by atoms with van der Waals surface area (Å²) >= 11 is 5.28. The summed E-state index contributed by atoms with van der Waals surface area (Å²) in [5, 5.41) is 0. The Morgan fingerprint density at radius 3 is 1.95 bits per heavy atom. The van der Waals surface area contributed by atoms with Gasteiger partial charge < -0.3 is 9.03 Å². The van der Waals surface area contributed by atoms with E-state index in [9.17, 15) is 0 Å². The molecule has 120 valence electrons. The van der Waals surface area contributed by atoms with E-state index in [1.807, 2.05) is 24.3 Å². The minimum absolute atomic E-state index is 0.257. The van der Waals surface area contributed by atoms with Crippen molar-refractivity contribution in [2.45, 2.75) is 77.7 Å². The predicted molar refractivity (Wildman–Crippen MR) is 90.2 cm³/mol. The zero-order valence-electron chi connectivity index (χ0n) is 13.4. The van der Waals surface area contributed by atoms with Gasteiger partial charge in [-0.1, -0.05) is 51.9 Å². The van der Waals surface area contributed by atoms with Crippen LogP contribution in [0.3, 0.4) is 0 Å². The van der Waals surface area contributed by atoms with Gasteiger partial charge in [-0.2, -0.15) is 0 Å². The average molecular weight is 313 g/mol. The molecule has 21 heavy (non-hydrogen) atoms. The van der Waals surface area contributed by atoms with Gasteiger partial charge in [-0.05, 0) is 44.0 Å². The molecule has 0 amide bonds. The predicted octanol–water partition coefficient (Wildman–Crippen LogP) is 6.52. The summed E-state index contributed by atoms with van der Waals surface area (Å²) in [6.07, 6.45) is 12.2. The minimum atomic E-state index is 0.257. The first-order valence-electron chi connectivity index (χ1n) is 8.31. The van der Waals surface area contributed by atoms with Gasteiger partial charge in [0.25, 0.3) is 0 Å². The van der Waals surface area contributed by atoms with E-state index < -0.39 is 0 Å². The molecule has 1 unspecified atom stereocenters. The van der Waals surface area contributed by atoms with E-state index in [1.165, 1.54) is 51.4 Å². The fourth-order valence-corrected chi connectivity index (χ4v) is 2.53. The Labute approximate surface area is 135 Å². The van der Waals surface area contributed by atoms with Gasteiger partial charge in [-0.25, -0.2) is 0 Å². The second-order valence-corrected chi connectivity index (χ2v) is 5.89. The van der Waals surface area contributed by atoms with Crippen molar-refractivity contribution >= 4 is 11.9 Å². The molecule has 2 nitrogen and oxygen atoms in total. The molecule has 0 aliphatic rings. The van der Waals surface area contributed by atoms with Crippen molar-refractivity contribution in [3.63, 3.8) is 0 Å². The largest absolute Gasteiger partial charge is 0.491 e. The van der Waals surface area contributed by atoms with Crippen molar-refractivity contribution in [1.29, 1.82) is 0 Å². The number of hydrogen-bond donors (Lipinski definition) is 0. The summed E-state index contributed by atoms with van der Waals surface area (Å²) in [7, 11) is 0. The van der Waals surface area contributed by atoms with Crippen LogP contribution in [0.1, 0.15) is 71.6 Å². The average Bonchev–Trinajstić information content (AvgIpc) is 2.50. The van der Waals surface area contributed by atoms with Gasteiger partial charge in [0.05, 0.1) is 6.10 Å². The number of hydrogen-bond acceptors (Lipinski definition) is 2. The van der Waals surface area contributed by atoms with Gasteiger partial charge in [0, 0.05) is 0 Å². The van der Waals surface area contributed by atoms with Gasteiger partial charge in [-0.3, -0.25) is 0 Å². The van der Waals surface area contributed by atoms with Crippen LogP contribution in [0, 0.1) is 0 Å². The lowest BCUT2D eigenvalue weighted by Gasteiger charge is -2.14. The Balaban J connectivity index is 2.04. The van der Waals surface area contributed by atoms with E-state index in [1.54, 1.807) is 0 Å². The van der Waals surface area contributed by atoms with Crippen LogP contribution < -0.4 is 9.03 Å². The number of unbranched alkanes of at least 4 members (excludes halogenated alkanes) is 7. The standard InChI is InChI=1S/C18H29ClO2/c1-3-4-5-6-7-8-9-10-11-16(2)20-17-12-14-18(21-19)15-13-17/h12-16H,3-11H2,1-2H3. The lowest BCUT2D eigenvalue weighted by atomic mass is 10.1. The van der Waals surface area contributed by atoms with Crippen LogP contribution in [0.5, 0.6) is 11.5 Å². The highest BCUT2D eigenvalue weighted by Crippen LogP contribution is 2.20. The second kappa shape index (κ2) is 11.7. The van der Waals surface area contributed by atoms with E-state index in [0.29, 0.717) is 5.75 Å². The molecule has 1 aromatic carbocycles. The maximum absolute atomic E-state index is 5.87. The van der Waals surface area contributed by atoms with E-state index in [2.05, 4.69) is 18.1 Å². The van der Waals surface area contributed by atoms with Crippen LogP contribution >= 0.6 is 11.9 Å². The van der Waals surface area contributed by atoms with Crippen LogP contribution in [0.2, 0.25) is 0 Å². The lowest BCUT2D eigenvalue weighted by molar-refractivity contribution is 0.206. The number of rotatable bonds is 12. The SMILES string of the molecule is CCCCCCCCCCC(C)Oc1ccc(OCl)cc1. The Hall–Kier alpha value is -0.890. The molecule has 0 heterocycles. The summed E-state index contributed by atoms with van der Waals surface area (Å²) in [4.78, 5) is 0. The first-order valence-corrected chi connectivity index (χ1v) is 8.62. The molecule has 0 aliphatic heterocycles. The Bertz CT molecular complexity index is 351. The molecule has 0 N–H and O–H groups in total. The van der Waals surface area contributed by atoms with Crippen molar-refractivity contribution < 1.29 is 9.03 Å². The van der Waals surface area contributed by atoms with Gasteiger partial charge in [-0.15, -0.1) is 0 Å². The topological polar surface area (TPSA) is 18.5 Å². The quantitative estimate of drug-likeness (QED) is 0.409. The third-order valence-electron chi connectivity index (χ3n) is 3.71. The summed E-state index contributed by atoms with van der Waals surface area (Å²) in [5.41, 5.74) is 0. The maximum atomic E-state index is 5.87. The summed E-state index contributed by atoms with van der Waals surface area (Å²) in [6.45, 7) is 4.39. The highest BCUT2D eigenvalue weighted by atomic mass is 35.5. The molecule has 0 radical (unpaired) electrons. The molecule has 0 aromatic heterocycles. The van der Waals surface area contributed by atoms with E-state index in [0.717, 1.165) is 12.2 Å². The zero-order chi connectivity index (χ0) is 15.3. The van der Waals surface area contributed by atoms with Crippen molar-refractivity contribution in [2.75, 3.05) is 0 Å².